The molecular weight excluding hydrogens is 243 g/mol. The van der Waals surface area contributed by atoms with E-state index >= 15 is 0 Å². The Labute approximate surface area is 101 Å². The lowest BCUT2D eigenvalue weighted by atomic mass is 10.2. The topological polar surface area (TPSA) is 84.3 Å². The number of hydrogen-bond donors (Lipinski definition) is 2. The summed E-state index contributed by atoms with van der Waals surface area (Å²) < 4.78 is 19.7. The first-order valence-electron chi connectivity index (χ1n) is 5.52. The number of halogens is 1. The number of nitrogens with one attached hydrogen (secondary N) is 1. The van der Waals surface area contributed by atoms with Gasteiger partial charge in [0.25, 0.3) is 5.56 Å². The van der Waals surface area contributed by atoms with E-state index in [1.807, 2.05) is 0 Å². The standard InChI is InChI=1S/C11H13FN2O4/c1-2-18-11(17)6-7(5-8(11)12)14-4-3-9(15)13-10(14)16/h3-5,7,17H,2,6H2,1H3,(H,13,15,16)/t7-,11-/m1/s1. The van der Waals surface area contributed by atoms with Gasteiger partial charge in [0.15, 0.2) is 5.83 Å². The van der Waals surface area contributed by atoms with E-state index in [-0.39, 0.29) is 13.0 Å². The predicted octanol–water partition coefficient (Wildman–Crippen LogP) is 0.0599. The van der Waals surface area contributed by atoms with Gasteiger partial charge in [0.2, 0.25) is 5.79 Å². The van der Waals surface area contributed by atoms with Gasteiger partial charge in [-0.1, -0.05) is 0 Å². The summed E-state index contributed by atoms with van der Waals surface area (Å²) in [5.41, 5.74) is -1.18. The molecule has 0 amide bonds. The molecule has 98 valence electrons. The number of rotatable bonds is 3. The summed E-state index contributed by atoms with van der Waals surface area (Å²) >= 11 is 0. The van der Waals surface area contributed by atoms with Crippen LogP contribution in [0.2, 0.25) is 0 Å². The molecule has 0 fully saturated rings. The van der Waals surface area contributed by atoms with Gasteiger partial charge in [0.05, 0.1) is 6.04 Å². The highest BCUT2D eigenvalue weighted by molar-refractivity contribution is 5.17. The Morgan fingerprint density at radius 3 is 3.00 bits per heavy atom. The lowest BCUT2D eigenvalue weighted by Crippen LogP contribution is -2.35. The molecule has 0 radical (unpaired) electrons. The van der Waals surface area contributed by atoms with Crippen molar-refractivity contribution in [2.24, 2.45) is 0 Å². The van der Waals surface area contributed by atoms with E-state index < -0.39 is 28.9 Å². The molecule has 0 unspecified atom stereocenters. The highest BCUT2D eigenvalue weighted by Gasteiger charge is 2.42. The van der Waals surface area contributed by atoms with Gasteiger partial charge in [-0.15, -0.1) is 0 Å². The number of aliphatic hydroxyl groups is 1. The summed E-state index contributed by atoms with van der Waals surface area (Å²) in [5.74, 6) is -2.82. The van der Waals surface area contributed by atoms with E-state index in [0.29, 0.717) is 0 Å². The van der Waals surface area contributed by atoms with Crippen molar-refractivity contribution in [2.75, 3.05) is 6.61 Å². The molecule has 2 N–H and O–H groups in total. The van der Waals surface area contributed by atoms with Crippen molar-refractivity contribution in [2.45, 2.75) is 25.2 Å². The van der Waals surface area contributed by atoms with Crippen LogP contribution in [-0.4, -0.2) is 27.1 Å². The number of aromatic nitrogens is 2. The third kappa shape index (κ3) is 2.14. The van der Waals surface area contributed by atoms with Crippen LogP contribution in [0.1, 0.15) is 19.4 Å². The first kappa shape index (κ1) is 12.7. The molecule has 0 aromatic carbocycles. The Morgan fingerprint density at radius 2 is 2.39 bits per heavy atom. The smallest absolute Gasteiger partial charge is 0.328 e. The Balaban J connectivity index is 2.33. The van der Waals surface area contributed by atoms with Gasteiger partial charge in [-0.05, 0) is 13.0 Å². The van der Waals surface area contributed by atoms with Crippen molar-refractivity contribution < 1.29 is 14.2 Å². The first-order chi connectivity index (χ1) is 8.46. The summed E-state index contributed by atoms with van der Waals surface area (Å²) in [6, 6.07) is 0.469. The van der Waals surface area contributed by atoms with Crippen LogP contribution in [0.15, 0.2) is 33.8 Å². The van der Waals surface area contributed by atoms with Crippen LogP contribution in [0.25, 0.3) is 0 Å². The van der Waals surface area contributed by atoms with E-state index in [2.05, 4.69) is 4.98 Å². The molecule has 1 heterocycles. The fourth-order valence-corrected chi connectivity index (χ4v) is 1.97. The van der Waals surface area contributed by atoms with Gasteiger partial charge in [0.1, 0.15) is 0 Å². The van der Waals surface area contributed by atoms with Gasteiger partial charge >= 0.3 is 5.69 Å². The second kappa shape index (κ2) is 4.51. The lowest BCUT2D eigenvalue weighted by Gasteiger charge is -2.23. The minimum Gasteiger partial charge on any atom is -0.360 e. The van der Waals surface area contributed by atoms with E-state index in [9.17, 15) is 19.1 Å². The molecule has 0 spiro atoms. The summed E-state index contributed by atoms with van der Waals surface area (Å²) in [7, 11) is 0. The molecule has 2 atom stereocenters. The molecule has 1 aliphatic rings. The van der Waals surface area contributed by atoms with E-state index in [1.54, 1.807) is 6.92 Å². The zero-order valence-corrected chi connectivity index (χ0v) is 9.72. The Morgan fingerprint density at radius 1 is 1.67 bits per heavy atom. The van der Waals surface area contributed by atoms with Crippen LogP contribution in [0.3, 0.4) is 0 Å². The summed E-state index contributed by atoms with van der Waals surface area (Å²) in [4.78, 5) is 24.5. The molecular formula is C11H13FN2O4. The second-order valence-corrected chi connectivity index (χ2v) is 4.02. The van der Waals surface area contributed by atoms with Crippen molar-refractivity contribution in [1.29, 1.82) is 0 Å². The fourth-order valence-electron chi connectivity index (χ4n) is 1.97. The minimum absolute atomic E-state index is 0.112. The van der Waals surface area contributed by atoms with E-state index in [4.69, 9.17) is 4.74 Å². The second-order valence-electron chi connectivity index (χ2n) is 4.02. The van der Waals surface area contributed by atoms with Crippen molar-refractivity contribution in [3.05, 3.63) is 45.0 Å². The molecule has 1 aliphatic carbocycles. The molecule has 1 aromatic heterocycles. The Bertz CT molecular complexity index is 591. The first-order valence-corrected chi connectivity index (χ1v) is 5.52. The number of aromatic amines is 1. The molecule has 18 heavy (non-hydrogen) atoms. The highest BCUT2D eigenvalue weighted by Crippen LogP contribution is 2.37. The van der Waals surface area contributed by atoms with Crippen molar-refractivity contribution >= 4 is 0 Å². The monoisotopic (exact) mass is 256 g/mol. The Kier molecular flexibility index (Phi) is 3.18. The van der Waals surface area contributed by atoms with E-state index in [1.165, 1.54) is 6.20 Å². The third-order valence-electron chi connectivity index (χ3n) is 2.79. The molecule has 0 bridgehead atoms. The molecule has 1 aromatic rings. The Hall–Kier alpha value is -1.73. The summed E-state index contributed by atoms with van der Waals surface area (Å²) in [5, 5.41) is 9.88. The molecule has 0 saturated carbocycles. The molecule has 7 heteroatoms. The van der Waals surface area contributed by atoms with Crippen molar-refractivity contribution in [3.8, 4) is 0 Å². The molecule has 0 aliphatic heterocycles. The maximum absolute atomic E-state index is 13.6. The van der Waals surface area contributed by atoms with Crippen LogP contribution < -0.4 is 11.2 Å². The number of allylic oxidation sites excluding steroid dienone is 1. The fraction of sp³-hybridized carbons (Fsp3) is 0.455. The number of ether oxygens (including phenoxy) is 1. The largest absolute Gasteiger partial charge is 0.360 e. The molecule has 0 saturated heterocycles. The van der Waals surface area contributed by atoms with Crippen LogP contribution >= 0.6 is 0 Å². The van der Waals surface area contributed by atoms with Crippen LogP contribution in [0.5, 0.6) is 0 Å². The van der Waals surface area contributed by atoms with Gasteiger partial charge in [0, 0.05) is 25.3 Å². The zero-order valence-electron chi connectivity index (χ0n) is 9.72. The quantitative estimate of drug-likeness (QED) is 0.749. The predicted molar refractivity (Wildman–Crippen MR) is 60.7 cm³/mol. The van der Waals surface area contributed by atoms with Crippen molar-refractivity contribution in [3.63, 3.8) is 0 Å². The maximum atomic E-state index is 13.6. The summed E-state index contributed by atoms with van der Waals surface area (Å²) in [6.45, 7) is 1.77. The van der Waals surface area contributed by atoms with Gasteiger partial charge in [-0.3, -0.25) is 14.3 Å². The number of nitrogens with zero attached hydrogens (tertiary/aromatic N) is 1. The zero-order chi connectivity index (χ0) is 13.3. The number of H-pyrrole nitrogens is 1. The third-order valence-corrected chi connectivity index (χ3v) is 2.79. The highest BCUT2D eigenvalue weighted by atomic mass is 19.1. The van der Waals surface area contributed by atoms with Crippen molar-refractivity contribution in [1.82, 2.24) is 9.55 Å². The SMILES string of the molecule is CCO[C@]1(O)C[C@H](n2ccc(=O)[nH]c2=O)C=C1F. The molecule has 6 nitrogen and oxygen atoms in total. The van der Waals surface area contributed by atoms with Crippen LogP contribution in [-0.2, 0) is 4.74 Å². The average molecular weight is 256 g/mol. The van der Waals surface area contributed by atoms with E-state index in [0.717, 1.165) is 16.7 Å². The minimum atomic E-state index is -1.99. The summed E-state index contributed by atoms with van der Waals surface area (Å²) in [6.07, 6.45) is 2.25. The molecule has 2 rings (SSSR count). The van der Waals surface area contributed by atoms with Gasteiger partial charge in [-0.25, -0.2) is 9.18 Å². The van der Waals surface area contributed by atoms with Crippen LogP contribution in [0, 0.1) is 0 Å². The van der Waals surface area contributed by atoms with Gasteiger partial charge < -0.3 is 9.84 Å². The lowest BCUT2D eigenvalue weighted by molar-refractivity contribution is -0.184. The normalized spacial score (nSPS) is 27.3. The maximum Gasteiger partial charge on any atom is 0.328 e. The van der Waals surface area contributed by atoms with Gasteiger partial charge in [-0.2, -0.15) is 0 Å². The average Bonchev–Trinajstić information content (AvgIpc) is 2.55. The van der Waals surface area contributed by atoms with Crippen LogP contribution in [0.4, 0.5) is 4.39 Å². The number of hydrogen-bond acceptors (Lipinski definition) is 4.